The standard InChI is InChI=1S/C16H21N3OS/c1-10-14(18-15(21-10)19-16(3,4)5)12-6-8-13(9-7-12)17-11(2)20/h6-9H,1-5H3,(H,17,20)(H,18,19). The van der Waals surface area contributed by atoms with E-state index in [9.17, 15) is 4.79 Å². The Labute approximate surface area is 129 Å². The van der Waals surface area contributed by atoms with Gasteiger partial charge in [-0.25, -0.2) is 4.98 Å². The third-order valence-electron chi connectivity index (χ3n) is 2.76. The average Bonchev–Trinajstić information content (AvgIpc) is 2.68. The van der Waals surface area contributed by atoms with Gasteiger partial charge in [0.05, 0.1) is 5.69 Å². The molecular formula is C16H21N3OS. The molecule has 0 aliphatic carbocycles. The summed E-state index contributed by atoms with van der Waals surface area (Å²) in [5.41, 5.74) is 2.84. The predicted octanol–water partition coefficient (Wildman–Crippen LogP) is 4.29. The number of carbonyl (C=O) groups is 1. The van der Waals surface area contributed by atoms with E-state index in [-0.39, 0.29) is 11.4 Å². The summed E-state index contributed by atoms with van der Waals surface area (Å²) in [5.74, 6) is -0.0655. The Morgan fingerprint density at radius 3 is 2.33 bits per heavy atom. The smallest absolute Gasteiger partial charge is 0.221 e. The Morgan fingerprint density at radius 2 is 1.81 bits per heavy atom. The molecule has 0 fully saturated rings. The van der Waals surface area contributed by atoms with Crippen molar-refractivity contribution in [2.45, 2.75) is 40.2 Å². The van der Waals surface area contributed by atoms with Crippen LogP contribution in [-0.4, -0.2) is 16.4 Å². The number of amides is 1. The summed E-state index contributed by atoms with van der Waals surface area (Å²) in [5, 5.41) is 7.10. The van der Waals surface area contributed by atoms with Crippen molar-refractivity contribution in [1.82, 2.24) is 4.98 Å². The van der Waals surface area contributed by atoms with E-state index < -0.39 is 0 Å². The van der Waals surface area contributed by atoms with Gasteiger partial charge in [-0.2, -0.15) is 0 Å². The van der Waals surface area contributed by atoms with Gasteiger partial charge >= 0.3 is 0 Å². The molecule has 112 valence electrons. The zero-order valence-electron chi connectivity index (χ0n) is 13.1. The first-order valence-corrected chi connectivity index (χ1v) is 7.70. The molecule has 0 atom stereocenters. The summed E-state index contributed by atoms with van der Waals surface area (Å²) in [6.45, 7) is 9.92. The van der Waals surface area contributed by atoms with E-state index in [1.165, 1.54) is 11.8 Å². The van der Waals surface area contributed by atoms with E-state index in [2.05, 4.69) is 43.3 Å². The van der Waals surface area contributed by atoms with Gasteiger partial charge in [0.15, 0.2) is 5.13 Å². The highest BCUT2D eigenvalue weighted by atomic mass is 32.1. The lowest BCUT2D eigenvalue weighted by Gasteiger charge is -2.19. The predicted molar refractivity (Wildman–Crippen MR) is 90.0 cm³/mol. The quantitative estimate of drug-likeness (QED) is 0.889. The molecule has 5 heteroatoms. The summed E-state index contributed by atoms with van der Waals surface area (Å²) in [6.07, 6.45) is 0. The number of carbonyl (C=O) groups excluding carboxylic acids is 1. The maximum absolute atomic E-state index is 11.0. The van der Waals surface area contributed by atoms with Crippen molar-refractivity contribution < 1.29 is 4.79 Å². The Balaban J connectivity index is 2.23. The van der Waals surface area contributed by atoms with E-state index >= 15 is 0 Å². The summed E-state index contributed by atoms with van der Waals surface area (Å²) in [4.78, 5) is 16.9. The fourth-order valence-electron chi connectivity index (χ4n) is 1.95. The van der Waals surface area contributed by atoms with Crippen molar-refractivity contribution in [1.29, 1.82) is 0 Å². The van der Waals surface area contributed by atoms with Crippen molar-refractivity contribution in [2.75, 3.05) is 10.6 Å². The normalized spacial score (nSPS) is 11.3. The van der Waals surface area contributed by atoms with Gasteiger partial charge in [-0.1, -0.05) is 12.1 Å². The number of aryl methyl sites for hydroxylation is 1. The van der Waals surface area contributed by atoms with Gasteiger partial charge in [0.25, 0.3) is 0 Å². The second-order valence-corrected chi connectivity index (χ2v) is 7.26. The third-order valence-corrected chi connectivity index (χ3v) is 3.64. The lowest BCUT2D eigenvalue weighted by molar-refractivity contribution is -0.114. The van der Waals surface area contributed by atoms with Gasteiger partial charge < -0.3 is 10.6 Å². The number of nitrogens with one attached hydrogen (secondary N) is 2. The SMILES string of the molecule is CC(=O)Nc1ccc(-c2nc(NC(C)(C)C)sc2C)cc1. The Kier molecular flexibility index (Phi) is 4.32. The van der Waals surface area contributed by atoms with Crippen molar-refractivity contribution in [3.8, 4) is 11.3 Å². The second kappa shape index (κ2) is 5.85. The van der Waals surface area contributed by atoms with Crippen LogP contribution < -0.4 is 10.6 Å². The van der Waals surface area contributed by atoms with Crippen LogP contribution in [0.5, 0.6) is 0 Å². The third kappa shape index (κ3) is 4.29. The lowest BCUT2D eigenvalue weighted by Crippen LogP contribution is -2.25. The fourth-order valence-corrected chi connectivity index (χ4v) is 3.00. The van der Waals surface area contributed by atoms with Crippen molar-refractivity contribution >= 4 is 28.1 Å². The molecule has 2 N–H and O–H groups in total. The molecule has 0 unspecified atom stereocenters. The van der Waals surface area contributed by atoms with E-state index in [1.54, 1.807) is 11.3 Å². The highest BCUT2D eigenvalue weighted by molar-refractivity contribution is 7.16. The number of thiazole rings is 1. The molecule has 1 aromatic carbocycles. The molecule has 0 aliphatic heterocycles. The number of benzene rings is 1. The molecule has 1 amide bonds. The van der Waals surface area contributed by atoms with Gasteiger partial charge in [0.1, 0.15) is 0 Å². The minimum Gasteiger partial charge on any atom is -0.357 e. The maximum atomic E-state index is 11.0. The van der Waals surface area contributed by atoms with E-state index in [0.29, 0.717) is 0 Å². The van der Waals surface area contributed by atoms with Crippen LogP contribution in [0.25, 0.3) is 11.3 Å². The summed E-state index contributed by atoms with van der Waals surface area (Å²) in [6, 6.07) is 7.75. The summed E-state index contributed by atoms with van der Waals surface area (Å²) >= 11 is 1.66. The van der Waals surface area contributed by atoms with Crippen LogP contribution in [0.15, 0.2) is 24.3 Å². The summed E-state index contributed by atoms with van der Waals surface area (Å²) < 4.78 is 0. The number of hydrogen-bond donors (Lipinski definition) is 2. The molecule has 0 saturated heterocycles. The first-order chi connectivity index (χ1) is 9.74. The minimum atomic E-state index is -0.0655. The zero-order valence-corrected chi connectivity index (χ0v) is 13.9. The number of hydrogen-bond acceptors (Lipinski definition) is 4. The monoisotopic (exact) mass is 303 g/mol. The van der Waals surface area contributed by atoms with Crippen LogP contribution in [0.3, 0.4) is 0 Å². The van der Waals surface area contributed by atoms with Gasteiger partial charge in [-0.15, -0.1) is 11.3 Å². The number of aromatic nitrogens is 1. The molecule has 1 heterocycles. The largest absolute Gasteiger partial charge is 0.357 e. The molecule has 0 bridgehead atoms. The molecule has 0 radical (unpaired) electrons. The molecule has 0 spiro atoms. The van der Waals surface area contributed by atoms with Gasteiger partial charge in [0.2, 0.25) is 5.91 Å². The molecule has 2 aromatic rings. The van der Waals surface area contributed by atoms with Crippen LogP contribution in [0, 0.1) is 6.92 Å². The molecular weight excluding hydrogens is 282 g/mol. The number of anilines is 2. The highest BCUT2D eigenvalue weighted by Gasteiger charge is 2.15. The van der Waals surface area contributed by atoms with Crippen molar-refractivity contribution in [3.63, 3.8) is 0 Å². The van der Waals surface area contributed by atoms with Gasteiger partial charge in [-0.3, -0.25) is 4.79 Å². The molecule has 0 aliphatic rings. The molecule has 4 nitrogen and oxygen atoms in total. The molecule has 1 aromatic heterocycles. The Hall–Kier alpha value is -1.88. The van der Waals surface area contributed by atoms with Crippen LogP contribution in [0.2, 0.25) is 0 Å². The van der Waals surface area contributed by atoms with E-state index in [4.69, 9.17) is 0 Å². The van der Waals surface area contributed by atoms with Crippen LogP contribution in [0.4, 0.5) is 10.8 Å². The Bertz CT molecular complexity index is 639. The molecule has 2 rings (SSSR count). The molecule has 21 heavy (non-hydrogen) atoms. The van der Waals surface area contributed by atoms with Crippen LogP contribution in [0.1, 0.15) is 32.6 Å². The van der Waals surface area contributed by atoms with Gasteiger partial charge in [-0.05, 0) is 39.8 Å². The Morgan fingerprint density at radius 1 is 1.19 bits per heavy atom. The first kappa shape index (κ1) is 15.5. The van der Waals surface area contributed by atoms with E-state index in [1.807, 2.05) is 24.3 Å². The first-order valence-electron chi connectivity index (χ1n) is 6.88. The topological polar surface area (TPSA) is 54.0 Å². The maximum Gasteiger partial charge on any atom is 0.221 e. The van der Waals surface area contributed by atoms with Gasteiger partial charge in [0, 0.05) is 28.6 Å². The number of rotatable bonds is 3. The van der Waals surface area contributed by atoms with Crippen LogP contribution >= 0.6 is 11.3 Å². The zero-order chi connectivity index (χ0) is 15.6. The van der Waals surface area contributed by atoms with E-state index in [0.717, 1.165) is 22.1 Å². The minimum absolute atomic E-state index is 0.00315. The van der Waals surface area contributed by atoms with Crippen molar-refractivity contribution in [3.05, 3.63) is 29.1 Å². The average molecular weight is 303 g/mol. The molecule has 0 saturated carbocycles. The second-order valence-electron chi connectivity index (χ2n) is 6.06. The number of nitrogens with zero attached hydrogens (tertiary/aromatic N) is 1. The lowest BCUT2D eigenvalue weighted by atomic mass is 10.1. The van der Waals surface area contributed by atoms with Crippen LogP contribution in [-0.2, 0) is 4.79 Å². The fraction of sp³-hybridized carbons (Fsp3) is 0.375. The van der Waals surface area contributed by atoms with Crippen molar-refractivity contribution in [2.24, 2.45) is 0 Å². The summed E-state index contributed by atoms with van der Waals surface area (Å²) in [7, 11) is 0. The highest BCUT2D eigenvalue weighted by Crippen LogP contribution is 2.32.